The van der Waals surface area contributed by atoms with Crippen LogP contribution in [0.2, 0.25) is 0 Å². The number of aromatic nitrogens is 3. The highest BCUT2D eigenvalue weighted by atomic mass is 15.1. The molecule has 4 heteroatoms. The van der Waals surface area contributed by atoms with Crippen LogP contribution in [0.5, 0.6) is 0 Å². The largest absolute Gasteiger partial charge is 0.287 e. The van der Waals surface area contributed by atoms with Crippen molar-refractivity contribution in [3.8, 4) is 17.2 Å². The first-order valence-corrected chi connectivity index (χ1v) is 5.60. The zero-order valence-corrected chi connectivity index (χ0v) is 9.83. The van der Waals surface area contributed by atoms with Crippen molar-refractivity contribution >= 4 is 5.65 Å². The minimum atomic E-state index is 0.368. The van der Waals surface area contributed by atoms with E-state index in [0.29, 0.717) is 11.3 Å². The van der Waals surface area contributed by atoms with Crippen molar-refractivity contribution in [1.82, 2.24) is 14.4 Å². The van der Waals surface area contributed by atoms with Gasteiger partial charge in [-0.05, 0) is 12.5 Å². The molecular weight excluding hydrogens is 224 g/mol. The average Bonchev–Trinajstić information content (AvgIpc) is 2.76. The zero-order valence-electron chi connectivity index (χ0n) is 9.83. The van der Waals surface area contributed by atoms with Crippen LogP contribution < -0.4 is 0 Å². The molecule has 0 aliphatic carbocycles. The lowest BCUT2D eigenvalue weighted by Crippen LogP contribution is -1.92. The molecule has 18 heavy (non-hydrogen) atoms. The predicted molar refractivity (Wildman–Crippen MR) is 67.9 cm³/mol. The lowest BCUT2D eigenvalue weighted by molar-refractivity contribution is 1.02. The van der Waals surface area contributed by atoms with Crippen LogP contribution in [-0.4, -0.2) is 14.4 Å². The molecule has 1 aromatic carbocycles. The molecule has 0 N–H and O–H groups in total. The molecule has 0 fully saturated rings. The van der Waals surface area contributed by atoms with Gasteiger partial charge in [0.15, 0.2) is 11.3 Å². The molecule has 0 atom stereocenters. The number of hydrogen-bond donors (Lipinski definition) is 0. The number of benzene rings is 1. The number of hydrogen-bond acceptors (Lipinski definition) is 3. The normalized spacial score (nSPS) is 10.4. The van der Waals surface area contributed by atoms with Gasteiger partial charge >= 0.3 is 0 Å². The molecule has 0 unspecified atom stereocenters. The number of imidazole rings is 1. The van der Waals surface area contributed by atoms with Crippen molar-refractivity contribution in [3.63, 3.8) is 0 Å². The summed E-state index contributed by atoms with van der Waals surface area (Å²) >= 11 is 0. The van der Waals surface area contributed by atoms with E-state index in [4.69, 9.17) is 5.26 Å². The highest BCUT2D eigenvalue weighted by Crippen LogP contribution is 2.19. The third-order valence-corrected chi connectivity index (χ3v) is 2.87. The molecule has 0 radical (unpaired) electrons. The molecule has 4 nitrogen and oxygen atoms in total. The van der Waals surface area contributed by atoms with Crippen molar-refractivity contribution in [3.05, 3.63) is 54.2 Å². The number of aryl methyl sites for hydroxylation is 1. The van der Waals surface area contributed by atoms with Crippen LogP contribution in [0.1, 0.15) is 11.5 Å². The Bertz CT molecular complexity index is 751. The van der Waals surface area contributed by atoms with Crippen LogP contribution in [0.15, 0.2) is 42.7 Å². The first-order chi connectivity index (χ1) is 8.79. The van der Waals surface area contributed by atoms with Crippen molar-refractivity contribution < 1.29 is 0 Å². The summed E-state index contributed by atoms with van der Waals surface area (Å²) in [6, 6.07) is 12.1. The minimum absolute atomic E-state index is 0.368. The van der Waals surface area contributed by atoms with Crippen LogP contribution >= 0.6 is 0 Å². The van der Waals surface area contributed by atoms with Gasteiger partial charge in [0.25, 0.3) is 0 Å². The Balaban J connectivity index is 2.24. The van der Waals surface area contributed by atoms with Gasteiger partial charge in [-0.25, -0.2) is 9.97 Å². The van der Waals surface area contributed by atoms with Crippen molar-refractivity contribution in [2.24, 2.45) is 0 Å². The van der Waals surface area contributed by atoms with E-state index in [1.807, 2.05) is 47.9 Å². The molecule has 86 valence electrons. The molecule has 0 amide bonds. The van der Waals surface area contributed by atoms with E-state index in [-0.39, 0.29) is 0 Å². The van der Waals surface area contributed by atoms with Gasteiger partial charge in [0, 0.05) is 18.0 Å². The standard InChI is InChI=1S/C14H10N4/c1-10-17-13(7-15)14-16-8-12(9-18(10)14)11-5-3-2-4-6-11/h2-6,8-9H,1H3. The molecule has 2 heterocycles. The lowest BCUT2D eigenvalue weighted by Gasteiger charge is -2.02. The van der Waals surface area contributed by atoms with Gasteiger partial charge in [0.2, 0.25) is 0 Å². The number of nitriles is 1. The summed E-state index contributed by atoms with van der Waals surface area (Å²) in [5, 5.41) is 8.97. The van der Waals surface area contributed by atoms with Crippen molar-refractivity contribution in [2.45, 2.75) is 6.92 Å². The first-order valence-electron chi connectivity index (χ1n) is 5.60. The lowest BCUT2D eigenvalue weighted by atomic mass is 10.1. The van der Waals surface area contributed by atoms with E-state index in [2.05, 4.69) is 16.0 Å². The second kappa shape index (κ2) is 3.97. The van der Waals surface area contributed by atoms with Gasteiger partial charge in [-0.15, -0.1) is 0 Å². The maximum absolute atomic E-state index is 8.97. The topological polar surface area (TPSA) is 54.0 Å². The monoisotopic (exact) mass is 234 g/mol. The Kier molecular flexibility index (Phi) is 2.31. The van der Waals surface area contributed by atoms with Gasteiger partial charge < -0.3 is 0 Å². The Labute approximate surface area is 104 Å². The molecule has 0 saturated carbocycles. The average molecular weight is 234 g/mol. The molecule has 0 aliphatic rings. The van der Waals surface area contributed by atoms with Crippen LogP contribution in [0, 0.1) is 18.3 Å². The smallest absolute Gasteiger partial charge is 0.185 e. The Morgan fingerprint density at radius 1 is 1.17 bits per heavy atom. The number of nitrogens with zero attached hydrogens (tertiary/aromatic N) is 4. The van der Waals surface area contributed by atoms with Gasteiger partial charge in [-0.1, -0.05) is 30.3 Å². The van der Waals surface area contributed by atoms with E-state index in [0.717, 1.165) is 17.0 Å². The summed E-state index contributed by atoms with van der Waals surface area (Å²) in [6.07, 6.45) is 3.73. The van der Waals surface area contributed by atoms with E-state index in [9.17, 15) is 0 Å². The molecule has 0 saturated heterocycles. The fourth-order valence-electron chi connectivity index (χ4n) is 1.97. The number of fused-ring (bicyclic) bond motifs is 1. The zero-order chi connectivity index (χ0) is 12.5. The summed E-state index contributed by atoms with van der Waals surface area (Å²) in [5.41, 5.74) is 3.08. The maximum Gasteiger partial charge on any atom is 0.185 e. The molecule has 3 aromatic rings. The second-order valence-corrected chi connectivity index (χ2v) is 4.02. The Morgan fingerprint density at radius 3 is 2.67 bits per heavy atom. The molecule has 3 rings (SSSR count). The maximum atomic E-state index is 8.97. The molecule has 0 bridgehead atoms. The third-order valence-electron chi connectivity index (χ3n) is 2.87. The molecule has 0 spiro atoms. The Hall–Kier alpha value is -2.67. The van der Waals surface area contributed by atoms with Gasteiger partial charge in [0.05, 0.1) is 0 Å². The summed E-state index contributed by atoms with van der Waals surface area (Å²) in [7, 11) is 0. The molecular formula is C14H10N4. The first kappa shape index (κ1) is 10.5. The van der Waals surface area contributed by atoms with Crippen LogP contribution in [-0.2, 0) is 0 Å². The van der Waals surface area contributed by atoms with Gasteiger partial charge in [0.1, 0.15) is 11.9 Å². The van der Waals surface area contributed by atoms with Crippen molar-refractivity contribution in [1.29, 1.82) is 5.26 Å². The molecule has 0 aliphatic heterocycles. The fourth-order valence-corrected chi connectivity index (χ4v) is 1.97. The fraction of sp³-hybridized carbons (Fsp3) is 0.0714. The SMILES string of the molecule is Cc1nc(C#N)c2ncc(-c3ccccc3)cn12. The van der Waals surface area contributed by atoms with E-state index < -0.39 is 0 Å². The van der Waals surface area contributed by atoms with Crippen LogP contribution in [0.3, 0.4) is 0 Å². The third kappa shape index (κ3) is 1.54. The second-order valence-electron chi connectivity index (χ2n) is 4.02. The minimum Gasteiger partial charge on any atom is -0.287 e. The predicted octanol–water partition coefficient (Wildman–Crippen LogP) is 2.58. The summed E-state index contributed by atoms with van der Waals surface area (Å²) < 4.78 is 1.85. The summed E-state index contributed by atoms with van der Waals surface area (Å²) in [4.78, 5) is 8.51. The Morgan fingerprint density at radius 2 is 1.94 bits per heavy atom. The number of rotatable bonds is 1. The summed E-state index contributed by atoms with van der Waals surface area (Å²) in [6.45, 7) is 1.87. The van der Waals surface area contributed by atoms with Gasteiger partial charge in [-0.2, -0.15) is 5.26 Å². The van der Waals surface area contributed by atoms with Gasteiger partial charge in [-0.3, -0.25) is 4.40 Å². The van der Waals surface area contributed by atoms with E-state index >= 15 is 0 Å². The quantitative estimate of drug-likeness (QED) is 0.650. The van der Waals surface area contributed by atoms with E-state index in [1.165, 1.54) is 0 Å². The van der Waals surface area contributed by atoms with Crippen molar-refractivity contribution in [2.75, 3.05) is 0 Å². The van der Waals surface area contributed by atoms with Crippen LogP contribution in [0.25, 0.3) is 16.8 Å². The highest BCUT2D eigenvalue weighted by molar-refractivity contribution is 5.64. The van der Waals surface area contributed by atoms with E-state index in [1.54, 1.807) is 6.20 Å². The summed E-state index contributed by atoms with van der Waals surface area (Å²) in [5.74, 6) is 0.770. The highest BCUT2D eigenvalue weighted by Gasteiger charge is 2.09. The van der Waals surface area contributed by atoms with Crippen LogP contribution in [0.4, 0.5) is 0 Å². The molecule has 2 aromatic heterocycles.